The van der Waals surface area contributed by atoms with E-state index >= 15 is 0 Å². The van der Waals surface area contributed by atoms with Gasteiger partial charge in [0.15, 0.2) is 0 Å². The number of anilines is 1. The summed E-state index contributed by atoms with van der Waals surface area (Å²) >= 11 is 0. The third-order valence-corrected chi connectivity index (χ3v) is 2.66. The van der Waals surface area contributed by atoms with Crippen LogP contribution in [0.25, 0.3) is 0 Å². The second-order valence-electron chi connectivity index (χ2n) is 3.65. The molecule has 0 aliphatic carbocycles. The highest BCUT2D eigenvalue weighted by molar-refractivity contribution is 7.59. The van der Waals surface area contributed by atoms with Crippen LogP contribution in [0.2, 0.25) is 0 Å². The molecule has 1 aliphatic heterocycles. The van der Waals surface area contributed by atoms with Crippen LogP contribution in [0.1, 0.15) is 0 Å². The van der Waals surface area contributed by atoms with E-state index in [4.69, 9.17) is 5.73 Å². The smallest absolute Gasteiger partial charge is 0.241 e. The van der Waals surface area contributed by atoms with E-state index in [-0.39, 0.29) is 25.4 Å². The van der Waals surface area contributed by atoms with Crippen molar-refractivity contribution < 1.29 is 4.79 Å². The van der Waals surface area contributed by atoms with Crippen LogP contribution >= 0.6 is 13.5 Å². The van der Waals surface area contributed by atoms with Crippen LogP contribution in [0.4, 0.5) is 5.69 Å². The highest BCUT2D eigenvalue weighted by Crippen LogP contribution is 2.17. The number of primary amides is 1. The van der Waals surface area contributed by atoms with Gasteiger partial charge in [-0.25, -0.2) is 0 Å². The number of rotatable bonds is 2. The van der Waals surface area contributed by atoms with E-state index in [1.807, 2.05) is 30.3 Å². The molecule has 1 saturated heterocycles. The minimum Gasteiger partial charge on any atom is -0.368 e. The second-order valence-corrected chi connectivity index (χ2v) is 3.65. The molecule has 0 aromatic heterocycles. The molecule has 0 bridgehead atoms. The van der Waals surface area contributed by atoms with Crippen molar-refractivity contribution in [3.63, 3.8) is 0 Å². The van der Waals surface area contributed by atoms with Gasteiger partial charge in [0, 0.05) is 25.3 Å². The van der Waals surface area contributed by atoms with Gasteiger partial charge < -0.3 is 16.0 Å². The first-order chi connectivity index (χ1) is 7.29. The molecule has 1 aliphatic rings. The number of hydrogen-bond acceptors (Lipinski definition) is 3. The van der Waals surface area contributed by atoms with Crippen molar-refractivity contribution in [1.29, 1.82) is 0 Å². The zero-order chi connectivity index (χ0) is 10.7. The van der Waals surface area contributed by atoms with Gasteiger partial charge >= 0.3 is 0 Å². The number of benzene rings is 1. The summed E-state index contributed by atoms with van der Waals surface area (Å²) in [5.41, 5.74) is 6.43. The lowest BCUT2D eigenvalue weighted by Gasteiger charge is -2.35. The van der Waals surface area contributed by atoms with E-state index in [1.165, 1.54) is 0 Å². The first kappa shape index (κ1) is 12.9. The number of nitrogens with one attached hydrogen (secondary N) is 1. The predicted octanol–water partition coefficient (Wildman–Crippen LogP) is 0.0629. The fraction of sp³-hybridized carbons (Fsp3) is 0.364. The average molecular weight is 239 g/mol. The van der Waals surface area contributed by atoms with E-state index in [0.29, 0.717) is 6.54 Å². The fourth-order valence-electron chi connectivity index (χ4n) is 1.89. The number of carbonyl (C=O) groups is 1. The molecule has 0 spiro atoms. The summed E-state index contributed by atoms with van der Waals surface area (Å²) in [7, 11) is 0. The Balaban J connectivity index is 0.00000128. The number of hydrogen-bond donors (Lipinski definition) is 2. The van der Waals surface area contributed by atoms with Gasteiger partial charge in [-0.1, -0.05) is 18.2 Å². The van der Waals surface area contributed by atoms with Crippen LogP contribution in [-0.2, 0) is 4.79 Å². The lowest BCUT2D eigenvalue weighted by molar-refractivity contribution is -0.119. The second kappa shape index (κ2) is 5.77. The molecule has 0 saturated carbocycles. The Kier molecular flexibility index (Phi) is 4.64. The molecule has 0 unspecified atom stereocenters. The summed E-state index contributed by atoms with van der Waals surface area (Å²) in [5, 5.41) is 3.17. The van der Waals surface area contributed by atoms with Crippen LogP contribution in [0, 0.1) is 0 Å². The third kappa shape index (κ3) is 2.68. The van der Waals surface area contributed by atoms with Gasteiger partial charge in [0.25, 0.3) is 0 Å². The van der Waals surface area contributed by atoms with Crippen LogP contribution in [0.5, 0.6) is 0 Å². The first-order valence-electron chi connectivity index (χ1n) is 5.11. The van der Waals surface area contributed by atoms with Gasteiger partial charge in [0.1, 0.15) is 6.04 Å². The van der Waals surface area contributed by atoms with Crippen LogP contribution in [0.15, 0.2) is 30.3 Å². The Morgan fingerprint density at radius 3 is 2.69 bits per heavy atom. The molecule has 1 aromatic rings. The van der Waals surface area contributed by atoms with Crippen molar-refractivity contribution in [3.05, 3.63) is 30.3 Å². The van der Waals surface area contributed by atoms with Crippen LogP contribution in [-0.4, -0.2) is 31.6 Å². The Labute approximate surface area is 102 Å². The Morgan fingerprint density at radius 2 is 2.06 bits per heavy atom. The van der Waals surface area contributed by atoms with Crippen molar-refractivity contribution in [2.45, 2.75) is 6.04 Å². The highest BCUT2D eigenvalue weighted by atomic mass is 32.1. The summed E-state index contributed by atoms with van der Waals surface area (Å²) < 4.78 is 0. The number of nitrogens with two attached hydrogens (primary N) is 1. The van der Waals surface area contributed by atoms with Gasteiger partial charge in [0.2, 0.25) is 5.91 Å². The van der Waals surface area contributed by atoms with Gasteiger partial charge in [-0.15, -0.1) is 0 Å². The lowest BCUT2D eigenvalue weighted by Crippen LogP contribution is -2.57. The van der Waals surface area contributed by atoms with Crippen molar-refractivity contribution in [2.75, 3.05) is 24.5 Å². The van der Waals surface area contributed by atoms with E-state index in [0.717, 1.165) is 18.8 Å². The Hall–Kier alpha value is -1.20. The quantitative estimate of drug-likeness (QED) is 0.767. The molecular weight excluding hydrogens is 222 g/mol. The number of carbonyl (C=O) groups excluding carboxylic acids is 1. The lowest BCUT2D eigenvalue weighted by atomic mass is 10.1. The maximum atomic E-state index is 11.3. The van der Waals surface area contributed by atoms with Gasteiger partial charge in [0.05, 0.1) is 0 Å². The molecule has 88 valence electrons. The normalized spacial score (nSPS) is 20.0. The third-order valence-electron chi connectivity index (χ3n) is 2.66. The summed E-state index contributed by atoms with van der Waals surface area (Å²) in [5.74, 6) is -0.272. The first-order valence-corrected chi connectivity index (χ1v) is 5.11. The molecule has 5 heteroatoms. The van der Waals surface area contributed by atoms with Crippen molar-refractivity contribution >= 4 is 25.1 Å². The monoisotopic (exact) mass is 239 g/mol. The van der Waals surface area contributed by atoms with E-state index < -0.39 is 0 Å². The highest BCUT2D eigenvalue weighted by Gasteiger charge is 2.26. The number of para-hydroxylation sites is 1. The Bertz CT molecular complexity index is 344. The van der Waals surface area contributed by atoms with Crippen LogP contribution in [0.3, 0.4) is 0 Å². The molecule has 1 aromatic carbocycles. The molecular formula is C11H17N3OS. The molecule has 2 rings (SSSR count). The Morgan fingerprint density at radius 1 is 1.38 bits per heavy atom. The maximum Gasteiger partial charge on any atom is 0.241 e. The molecule has 1 fully saturated rings. The number of amides is 1. The molecule has 0 radical (unpaired) electrons. The zero-order valence-corrected chi connectivity index (χ0v) is 10.0. The maximum absolute atomic E-state index is 11.3. The van der Waals surface area contributed by atoms with Gasteiger partial charge in [-0.3, -0.25) is 4.79 Å². The van der Waals surface area contributed by atoms with Gasteiger partial charge in [-0.2, -0.15) is 13.5 Å². The van der Waals surface area contributed by atoms with Crippen molar-refractivity contribution in [3.8, 4) is 0 Å². The van der Waals surface area contributed by atoms with E-state index in [9.17, 15) is 4.79 Å². The average Bonchev–Trinajstić information content (AvgIpc) is 2.30. The minimum atomic E-state index is -0.272. The summed E-state index contributed by atoms with van der Waals surface area (Å²) in [6.07, 6.45) is 0. The summed E-state index contributed by atoms with van der Waals surface area (Å²) in [6, 6.07) is 9.67. The topological polar surface area (TPSA) is 58.4 Å². The van der Waals surface area contributed by atoms with E-state index in [1.54, 1.807) is 0 Å². The molecule has 3 N–H and O–H groups in total. The summed E-state index contributed by atoms with van der Waals surface area (Å²) in [4.78, 5) is 13.3. The fourth-order valence-corrected chi connectivity index (χ4v) is 1.89. The number of nitrogens with zero attached hydrogens (tertiary/aromatic N) is 1. The van der Waals surface area contributed by atoms with Crippen molar-refractivity contribution in [2.24, 2.45) is 5.73 Å². The molecule has 1 atom stereocenters. The zero-order valence-electron chi connectivity index (χ0n) is 9.02. The van der Waals surface area contributed by atoms with Crippen molar-refractivity contribution in [1.82, 2.24) is 5.32 Å². The molecule has 16 heavy (non-hydrogen) atoms. The SMILES string of the molecule is NC(=O)[C@@H]1CNCCN1c1ccccc1.S. The molecule has 1 heterocycles. The minimum absolute atomic E-state index is 0. The van der Waals surface area contributed by atoms with E-state index in [2.05, 4.69) is 10.2 Å². The predicted molar refractivity (Wildman–Crippen MR) is 70.0 cm³/mol. The largest absolute Gasteiger partial charge is 0.368 e. The van der Waals surface area contributed by atoms with Crippen LogP contribution < -0.4 is 16.0 Å². The summed E-state index contributed by atoms with van der Waals surface area (Å²) in [6.45, 7) is 2.33. The van der Waals surface area contributed by atoms with Gasteiger partial charge in [-0.05, 0) is 12.1 Å². The molecule has 1 amide bonds. The molecule has 4 nitrogen and oxygen atoms in total. The standard InChI is InChI=1S/C11H15N3O.H2S/c12-11(15)10-8-13-6-7-14(10)9-4-2-1-3-5-9;/h1-5,10,13H,6-8H2,(H2,12,15);1H2/t10-;/m0./s1. The number of piperazine rings is 1.